The second-order valence-corrected chi connectivity index (χ2v) is 7.00. The molecule has 0 fully saturated rings. The van der Waals surface area contributed by atoms with Crippen LogP contribution in [0.1, 0.15) is 16.1 Å². The fraction of sp³-hybridized carbons (Fsp3) is 0.136. The maximum Gasteiger partial charge on any atom is 0.337 e. The number of hydrazine groups is 1. The summed E-state index contributed by atoms with van der Waals surface area (Å²) in [5.41, 5.74) is 7.46. The van der Waals surface area contributed by atoms with E-state index in [0.29, 0.717) is 33.6 Å². The average molecular weight is 456 g/mol. The van der Waals surface area contributed by atoms with E-state index in [0.717, 1.165) is 5.56 Å². The summed E-state index contributed by atoms with van der Waals surface area (Å²) in [6.07, 6.45) is 1.49. The number of aromatic nitrogens is 1. The third-order valence-electron chi connectivity index (χ3n) is 4.31. The summed E-state index contributed by atoms with van der Waals surface area (Å²) in [6, 6.07) is 13.0. The molecule has 9 nitrogen and oxygen atoms in total. The van der Waals surface area contributed by atoms with Crippen molar-refractivity contribution in [3.05, 3.63) is 71.0 Å². The van der Waals surface area contributed by atoms with Gasteiger partial charge in [-0.05, 0) is 36.8 Å². The van der Waals surface area contributed by atoms with E-state index in [2.05, 4.69) is 26.5 Å². The van der Waals surface area contributed by atoms with Crippen molar-refractivity contribution in [2.45, 2.75) is 6.92 Å². The Labute approximate surface area is 190 Å². The van der Waals surface area contributed by atoms with Gasteiger partial charge < -0.3 is 20.1 Å². The molecule has 3 amide bonds. The van der Waals surface area contributed by atoms with Gasteiger partial charge in [-0.1, -0.05) is 17.7 Å². The van der Waals surface area contributed by atoms with Crippen LogP contribution in [-0.2, 0) is 0 Å². The predicted octanol–water partition coefficient (Wildman–Crippen LogP) is 4.35. The molecule has 0 radical (unpaired) electrons. The smallest absolute Gasteiger partial charge is 0.337 e. The number of rotatable bonds is 7. The zero-order valence-electron chi connectivity index (χ0n) is 17.7. The third-order valence-corrected chi connectivity index (χ3v) is 4.72. The first kappa shape index (κ1) is 22.7. The molecule has 10 heteroatoms. The van der Waals surface area contributed by atoms with Gasteiger partial charge in [0, 0.05) is 36.5 Å². The van der Waals surface area contributed by atoms with Crippen molar-refractivity contribution in [1.29, 1.82) is 0 Å². The number of halogens is 1. The van der Waals surface area contributed by atoms with Crippen molar-refractivity contribution >= 4 is 34.9 Å². The molecule has 1 aromatic heterocycles. The third kappa shape index (κ3) is 5.79. The van der Waals surface area contributed by atoms with E-state index < -0.39 is 6.03 Å². The van der Waals surface area contributed by atoms with Gasteiger partial charge in [0.25, 0.3) is 5.91 Å². The minimum absolute atomic E-state index is 0.241. The van der Waals surface area contributed by atoms with Gasteiger partial charge in [0.2, 0.25) is 0 Å². The van der Waals surface area contributed by atoms with Crippen molar-refractivity contribution in [3.8, 4) is 17.2 Å². The standard InChI is InChI=1S/C22H22ClN5O4/c1-13-9-18(20(31-3)12-17(13)23)26-22(30)28-27-14-5-4-6-15(10-14)32-16-7-8-25-19(11-16)21(29)24-2/h4-12,27H,1-3H3,(H,24,29)(H2,26,28,30). The summed E-state index contributed by atoms with van der Waals surface area (Å²) in [5, 5.41) is 5.76. The fourth-order valence-electron chi connectivity index (χ4n) is 2.71. The van der Waals surface area contributed by atoms with Gasteiger partial charge in [0.1, 0.15) is 22.9 Å². The highest BCUT2D eigenvalue weighted by Crippen LogP contribution is 2.31. The summed E-state index contributed by atoms with van der Waals surface area (Å²) >= 11 is 6.09. The Kier molecular flexibility index (Phi) is 7.35. The molecule has 0 aliphatic carbocycles. The van der Waals surface area contributed by atoms with Crippen LogP contribution < -0.4 is 31.0 Å². The minimum Gasteiger partial charge on any atom is -0.495 e. The maximum absolute atomic E-state index is 12.3. The second-order valence-electron chi connectivity index (χ2n) is 6.59. The Bertz CT molecular complexity index is 1140. The average Bonchev–Trinajstić information content (AvgIpc) is 2.80. The maximum atomic E-state index is 12.3. The zero-order valence-corrected chi connectivity index (χ0v) is 18.4. The Balaban J connectivity index is 1.62. The normalized spacial score (nSPS) is 10.1. The van der Waals surface area contributed by atoms with Gasteiger partial charge >= 0.3 is 6.03 Å². The predicted molar refractivity (Wildman–Crippen MR) is 123 cm³/mol. The van der Waals surface area contributed by atoms with Crippen molar-refractivity contribution in [1.82, 2.24) is 15.7 Å². The lowest BCUT2D eigenvalue weighted by atomic mass is 10.2. The van der Waals surface area contributed by atoms with Gasteiger partial charge in [-0.3, -0.25) is 20.6 Å². The SMILES string of the molecule is CNC(=O)c1cc(Oc2cccc(NNC(=O)Nc3cc(C)c(Cl)cc3OC)c2)ccn1. The molecule has 3 aromatic rings. The molecule has 2 aromatic carbocycles. The lowest BCUT2D eigenvalue weighted by Crippen LogP contribution is -2.33. The molecular weight excluding hydrogens is 434 g/mol. The van der Waals surface area contributed by atoms with Gasteiger partial charge in [0.15, 0.2) is 0 Å². The number of amides is 3. The molecule has 0 bridgehead atoms. The van der Waals surface area contributed by atoms with E-state index in [-0.39, 0.29) is 11.6 Å². The molecule has 1 heterocycles. The van der Waals surface area contributed by atoms with Crippen molar-refractivity contribution in [2.75, 3.05) is 24.9 Å². The summed E-state index contributed by atoms with van der Waals surface area (Å²) < 4.78 is 11.0. The molecule has 0 aliphatic heterocycles. The van der Waals surface area contributed by atoms with E-state index in [1.807, 2.05) is 6.92 Å². The molecular formula is C22H22ClN5O4. The highest BCUT2D eigenvalue weighted by Gasteiger charge is 2.11. The number of ether oxygens (including phenoxy) is 2. The molecule has 3 rings (SSSR count). The molecule has 0 aliphatic rings. The molecule has 0 saturated carbocycles. The molecule has 32 heavy (non-hydrogen) atoms. The molecule has 4 N–H and O–H groups in total. The van der Waals surface area contributed by atoms with Crippen LogP contribution >= 0.6 is 11.6 Å². The minimum atomic E-state index is -0.499. The number of carbonyl (C=O) groups is 2. The monoisotopic (exact) mass is 455 g/mol. The number of nitrogens with zero attached hydrogens (tertiary/aromatic N) is 1. The first-order valence-corrected chi connectivity index (χ1v) is 9.90. The van der Waals surface area contributed by atoms with Gasteiger partial charge in [-0.25, -0.2) is 4.79 Å². The van der Waals surface area contributed by atoms with E-state index in [1.165, 1.54) is 26.4 Å². The number of hydrogen-bond acceptors (Lipinski definition) is 6. The topological polar surface area (TPSA) is 114 Å². The van der Waals surface area contributed by atoms with E-state index in [9.17, 15) is 9.59 Å². The largest absolute Gasteiger partial charge is 0.495 e. The van der Waals surface area contributed by atoms with Crippen LogP contribution in [0.2, 0.25) is 5.02 Å². The van der Waals surface area contributed by atoms with Gasteiger partial charge in [-0.15, -0.1) is 0 Å². The van der Waals surface area contributed by atoms with Crippen LogP contribution in [0.4, 0.5) is 16.2 Å². The Morgan fingerprint density at radius 1 is 1.06 bits per heavy atom. The first-order chi connectivity index (χ1) is 15.4. The molecule has 0 unspecified atom stereocenters. The lowest BCUT2D eigenvalue weighted by molar-refractivity contribution is 0.0958. The summed E-state index contributed by atoms with van der Waals surface area (Å²) in [4.78, 5) is 28.0. The lowest BCUT2D eigenvalue weighted by Gasteiger charge is -2.14. The molecule has 0 atom stereocenters. The van der Waals surface area contributed by atoms with Crippen molar-refractivity contribution < 1.29 is 19.1 Å². The number of hydrogen-bond donors (Lipinski definition) is 4. The van der Waals surface area contributed by atoms with E-state index in [1.54, 1.807) is 42.5 Å². The Morgan fingerprint density at radius 2 is 1.84 bits per heavy atom. The molecule has 0 spiro atoms. The highest BCUT2D eigenvalue weighted by molar-refractivity contribution is 6.31. The number of nitrogens with one attached hydrogen (secondary N) is 4. The summed E-state index contributed by atoms with van der Waals surface area (Å²) in [6.45, 7) is 1.83. The molecule has 166 valence electrons. The number of urea groups is 1. The Morgan fingerprint density at radius 3 is 2.59 bits per heavy atom. The van der Waals surface area contributed by atoms with Crippen molar-refractivity contribution in [2.24, 2.45) is 0 Å². The number of benzene rings is 2. The van der Waals surface area contributed by atoms with Gasteiger partial charge in [-0.2, -0.15) is 0 Å². The fourth-order valence-corrected chi connectivity index (χ4v) is 2.87. The summed E-state index contributed by atoms with van der Waals surface area (Å²) in [7, 11) is 3.02. The second kappa shape index (κ2) is 10.4. The van der Waals surface area contributed by atoms with Crippen molar-refractivity contribution in [3.63, 3.8) is 0 Å². The van der Waals surface area contributed by atoms with Crippen LogP contribution in [0.3, 0.4) is 0 Å². The molecule has 0 saturated heterocycles. The quantitative estimate of drug-likeness (QED) is 0.394. The van der Waals surface area contributed by atoms with Crippen LogP contribution in [0.5, 0.6) is 17.2 Å². The first-order valence-electron chi connectivity index (χ1n) is 9.53. The number of carbonyl (C=O) groups excluding carboxylic acids is 2. The van der Waals surface area contributed by atoms with Crippen LogP contribution in [0.15, 0.2) is 54.7 Å². The number of aryl methyl sites for hydroxylation is 1. The number of methoxy groups -OCH3 is 1. The van der Waals surface area contributed by atoms with E-state index >= 15 is 0 Å². The zero-order chi connectivity index (χ0) is 23.1. The summed E-state index contributed by atoms with van der Waals surface area (Å²) in [5.74, 6) is 1.08. The number of pyridine rings is 1. The van der Waals surface area contributed by atoms with Crippen LogP contribution in [0, 0.1) is 6.92 Å². The van der Waals surface area contributed by atoms with Gasteiger partial charge in [0.05, 0.1) is 18.5 Å². The number of anilines is 2. The Hall–Kier alpha value is -3.98. The highest BCUT2D eigenvalue weighted by atomic mass is 35.5. The van der Waals surface area contributed by atoms with Crippen LogP contribution in [0.25, 0.3) is 0 Å². The van der Waals surface area contributed by atoms with E-state index in [4.69, 9.17) is 21.1 Å². The van der Waals surface area contributed by atoms with Crippen LogP contribution in [-0.4, -0.2) is 31.1 Å².